The van der Waals surface area contributed by atoms with Gasteiger partial charge in [-0.3, -0.25) is 0 Å². The molecule has 0 bridgehead atoms. The van der Waals surface area contributed by atoms with Crippen LogP contribution in [-0.4, -0.2) is 40.1 Å². The molecule has 4 nitrogen and oxygen atoms in total. The molecule has 0 radical (unpaired) electrons. The van der Waals surface area contributed by atoms with E-state index in [1.807, 2.05) is 18.2 Å². The smallest absolute Gasteiger partial charge is 0.312 e. The summed E-state index contributed by atoms with van der Waals surface area (Å²) in [6, 6.07) is 10.4. The first-order valence-electron chi connectivity index (χ1n) is 8.84. The first-order valence-corrected chi connectivity index (χ1v) is 9.89. The molecule has 1 aliphatic carbocycles. The van der Waals surface area contributed by atoms with Crippen LogP contribution in [0, 0.1) is 0 Å². The molecule has 0 amide bonds. The van der Waals surface area contributed by atoms with Crippen LogP contribution >= 0.6 is 11.8 Å². The predicted molar refractivity (Wildman–Crippen MR) is 105 cm³/mol. The zero-order valence-corrected chi connectivity index (χ0v) is 16.1. The average molecular weight is 358 g/mol. The number of allylic oxidation sites excluding steroid dienone is 2. The zero-order valence-electron chi connectivity index (χ0n) is 15.3. The minimum Gasteiger partial charge on any atom is -0.494 e. The normalized spacial score (nSPS) is 16.8. The van der Waals surface area contributed by atoms with Gasteiger partial charge in [0.25, 0.3) is 0 Å². The summed E-state index contributed by atoms with van der Waals surface area (Å²) in [5.41, 5.74) is 12.3. The lowest BCUT2D eigenvalue weighted by atomic mass is 10.1. The van der Waals surface area contributed by atoms with Crippen molar-refractivity contribution in [1.29, 1.82) is 0 Å². The molecule has 0 N–H and O–H groups in total. The van der Waals surface area contributed by atoms with Crippen molar-refractivity contribution in [2.24, 2.45) is 0 Å². The molecule has 0 saturated heterocycles. The van der Waals surface area contributed by atoms with Crippen molar-refractivity contribution in [3.8, 4) is 0 Å². The number of hydrogen-bond acceptors (Lipinski definition) is 3. The summed E-state index contributed by atoms with van der Waals surface area (Å²) in [7, 11) is 2.07. The van der Waals surface area contributed by atoms with Gasteiger partial charge in [-0.1, -0.05) is 50.6 Å². The second-order valence-electron chi connectivity index (χ2n) is 5.99. The van der Waals surface area contributed by atoms with Crippen molar-refractivity contribution < 1.29 is 9.53 Å². The summed E-state index contributed by atoms with van der Waals surface area (Å²) in [5.74, 6) is 1.82. The van der Waals surface area contributed by atoms with Crippen LogP contribution in [0.4, 0.5) is 0 Å². The van der Waals surface area contributed by atoms with Crippen molar-refractivity contribution >= 4 is 17.5 Å². The lowest BCUT2D eigenvalue weighted by molar-refractivity contribution is -0.00656. The first-order chi connectivity index (χ1) is 12.2. The molecule has 1 unspecified atom stereocenters. The molecule has 0 aliphatic heterocycles. The van der Waals surface area contributed by atoms with E-state index in [0.29, 0.717) is 12.3 Å². The molecule has 0 heterocycles. The van der Waals surface area contributed by atoms with E-state index >= 15 is 0 Å². The minimum absolute atomic E-state index is 0.0647. The lowest BCUT2D eigenvalue weighted by Gasteiger charge is -2.28. The van der Waals surface area contributed by atoms with Crippen molar-refractivity contribution in [2.45, 2.75) is 38.5 Å². The van der Waals surface area contributed by atoms with E-state index < -0.39 is 0 Å². The van der Waals surface area contributed by atoms with Crippen molar-refractivity contribution in [1.82, 2.24) is 4.90 Å². The van der Waals surface area contributed by atoms with Crippen molar-refractivity contribution in [3.63, 3.8) is 0 Å². The summed E-state index contributed by atoms with van der Waals surface area (Å²) in [6.45, 7) is 5.74. The summed E-state index contributed by atoms with van der Waals surface area (Å²) < 4.78 is 6.17. The molecule has 25 heavy (non-hydrogen) atoms. The molecule has 0 spiro atoms. The number of benzene rings is 1. The predicted octanol–water partition coefficient (Wildman–Crippen LogP) is 4.51. The fourth-order valence-electron chi connectivity index (χ4n) is 2.75. The Balaban J connectivity index is 2.30. The van der Waals surface area contributed by atoms with Gasteiger partial charge in [-0.2, -0.15) is 4.79 Å². The van der Waals surface area contributed by atoms with Crippen LogP contribution in [0.1, 0.15) is 32.3 Å². The molecule has 0 fully saturated rings. The van der Waals surface area contributed by atoms with Crippen LogP contribution < -0.4 is 0 Å². The quantitative estimate of drug-likeness (QED) is 0.371. The number of thioether (sulfide) groups is 1. The summed E-state index contributed by atoms with van der Waals surface area (Å²) in [6.07, 6.45) is 5.98. The van der Waals surface area contributed by atoms with Crippen LogP contribution in [0.5, 0.6) is 0 Å². The second kappa shape index (κ2) is 10.1. The number of likely N-dealkylation sites (N-methyl/N-ethyl adjacent to an activating group) is 1. The van der Waals surface area contributed by atoms with Gasteiger partial charge in [-0.25, -0.2) is 0 Å². The summed E-state index contributed by atoms with van der Waals surface area (Å²) >= 11 is 1.73. The maximum absolute atomic E-state index is 9.37. The van der Waals surface area contributed by atoms with Crippen molar-refractivity contribution in [3.05, 3.63) is 65.0 Å². The molecular weight excluding hydrogens is 330 g/mol. The topological polar surface area (TPSA) is 48.9 Å². The highest BCUT2D eigenvalue weighted by Gasteiger charge is 2.33. The van der Waals surface area contributed by atoms with E-state index in [2.05, 4.69) is 54.9 Å². The third-order valence-corrected chi connectivity index (χ3v) is 5.17. The number of ether oxygens (including phenoxy) is 1. The summed E-state index contributed by atoms with van der Waals surface area (Å²) in [4.78, 5) is 5.68. The average Bonchev–Trinajstić information content (AvgIpc) is 2.63. The maximum atomic E-state index is 9.37. The molecule has 1 atom stereocenters. The van der Waals surface area contributed by atoms with Crippen LogP contribution in [0.25, 0.3) is 5.53 Å². The van der Waals surface area contributed by atoms with E-state index in [4.69, 9.17) is 4.74 Å². The Bertz CT molecular complexity index is 663. The largest absolute Gasteiger partial charge is 0.494 e. The molecule has 2 rings (SSSR count). The van der Waals surface area contributed by atoms with Gasteiger partial charge in [0.1, 0.15) is 5.76 Å². The van der Waals surface area contributed by atoms with Gasteiger partial charge in [0.15, 0.2) is 5.25 Å². The number of unbranched alkanes of at least 4 members (excludes halogenated alkanes) is 1. The van der Waals surface area contributed by atoms with Crippen LogP contribution in [-0.2, 0) is 11.3 Å². The Morgan fingerprint density at radius 1 is 1.20 bits per heavy atom. The first kappa shape index (κ1) is 19.4. The van der Waals surface area contributed by atoms with Gasteiger partial charge in [0, 0.05) is 19.7 Å². The second-order valence-corrected chi connectivity index (χ2v) is 7.37. The highest BCUT2D eigenvalue weighted by atomic mass is 32.2. The Morgan fingerprint density at radius 3 is 2.60 bits per heavy atom. The molecule has 1 aromatic rings. The summed E-state index contributed by atoms with van der Waals surface area (Å²) in [5, 5.41) is -0.0647. The fraction of sp³-hybridized carbons (Fsp3) is 0.450. The third-order valence-electron chi connectivity index (χ3n) is 4.05. The van der Waals surface area contributed by atoms with E-state index in [1.54, 1.807) is 11.8 Å². The van der Waals surface area contributed by atoms with Gasteiger partial charge in [0.05, 0.1) is 12.3 Å². The molecule has 0 aromatic heterocycles. The van der Waals surface area contributed by atoms with Crippen LogP contribution in [0.2, 0.25) is 0 Å². The molecule has 5 heteroatoms. The maximum Gasteiger partial charge on any atom is 0.312 e. The van der Waals surface area contributed by atoms with Gasteiger partial charge in [0.2, 0.25) is 0 Å². The standard InChI is InChI=1S/C20H27N3OS/c1-4-6-14-24-19-18(13-12-17(22-21)20(19)25-5-2)23(3)15-16-10-8-7-9-11-16/h7-13,20H,4-6,14-15H2,1-3H3. The Morgan fingerprint density at radius 2 is 1.96 bits per heavy atom. The van der Waals surface area contributed by atoms with E-state index in [-0.39, 0.29) is 5.25 Å². The molecule has 134 valence electrons. The molecule has 1 aromatic carbocycles. The number of rotatable bonds is 9. The van der Waals surface area contributed by atoms with E-state index in [9.17, 15) is 5.53 Å². The number of nitrogens with zero attached hydrogens (tertiary/aromatic N) is 3. The van der Waals surface area contributed by atoms with E-state index in [0.717, 1.165) is 36.6 Å². The van der Waals surface area contributed by atoms with Gasteiger partial charge in [-0.05, 0) is 23.8 Å². The fourth-order valence-corrected chi connectivity index (χ4v) is 3.72. The Labute approximate surface area is 155 Å². The Hall–Kier alpha value is -1.97. The van der Waals surface area contributed by atoms with Crippen LogP contribution in [0.15, 0.2) is 53.9 Å². The van der Waals surface area contributed by atoms with Gasteiger partial charge < -0.3 is 15.2 Å². The minimum atomic E-state index is -0.0647. The highest BCUT2D eigenvalue weighted by Crippen LogP contribution is 2.30. The van der Waals surface area contributed by atoms with Crippen molar-refractivity contribution in [2.75, 3.05) is 19.4 Å². The van der Waals surface area contributed by atoms with E-state index in [1.165, 1.54) is 5.56 Å². The zero-order chi connectivity index (χ0) is 18.1. The lowest BCUT2D eigenvalue weighted by Crippen LogP contribution is -2.30. The molecule has 0 saturated carbocycles. The number of hydrogen-bond donors (Lipinski definition) is 0. The van der Waals surface area contributed by atoms with Crippen LogP contribution in [0.3, 0.4) is 0 Å². The molecular formula is C20H27N3OS. The SMILES string of the molecule is CCCCOC1=C(N(C)Cc2ccccc2)C=CC(=[N+]=[N-])C1SCC. The highest BCUT2D eigenvalue weighted by molar-refractivity contribution is 8.00. The third kappa shape index (κ3) is 5.25. The van der Waals surface area contributed by atoms with Gasteiger partial charge >= 0.3 is 5.71 Å². The Kier molecular flexibility index (Phi) is 7.83. The monoisotopic (exact) mass is 357 g/mol. The van der Waals surface area contributed by atoms with Gasteiger partial charge in [-0.15, -0.1) is 11.8 Å². The molecule has 1 aliphatic rings.